The van der Waals surface area contributed by atoms with Crippen LogP contribution in [0.25, 0.3) is 0 Å². The SMILES string of the molecule is CCNC(=NCCN1CCCS1(=O)=O)NC1CCN(C(=O)OCC)CC1. The first kappa shape index (κ1) is 20.8. The van der Waals surface area contributed by atoms with Gasteiger partial charge >= 0.3 is 6.09 Å². The number of nitrogens with one attached hydrogen (secondary N) is 2. The zero-order valence-electron chi connectivity index (χ0n) is 15.7. The number of amides is 1. The highest BCUT2D eigenvalue weighted by Gasteiger charge is 2.27. The summed E-state index contributed by atoms with van der Waals surface area (Å²) in [7, 11) is -3.07. The number of aliphatic imine (C=N–C) groups is 1. The summed E-state index contributed by atoms with van der Waals surface area (Å²) >= 11 is 0. The van der Waals surface area contributed by atoms with E-state index in [0.29, 0.717) is 51.7 Å². The summed E-state index contributed by atoms with van der Waals surface area (Å²) in [5.41, 5.74) is 0. The summed E-state index contributed by atoms with van der Waals surface area (Å²) in [6.07, 6.45) is 2.09. The Bertz CT molecular complexity index is 587. The molecule has 0 spiro atoms. The zero-order valence-corrected chi connectivity index (χ0v) is 16.6. The first-order valence-corrected chi connectivity index (χ1v) is 11.0. The maximum Gasteiger partial charge on any atom is 0.409 e. The van der Waals surface area contributed by atoms with E-state index in [1.165, 1.54) is 4.31 Å². The minimum absolute atomic E-state index is 0.231. The van der Waals surface area contributed by atoms with Gasteiger partial charge in [-0.15, -0.1) is 0 Å². The fourth-order valence-electron chi connectivity index (χ4n) is 3.15. The lowest BCUT2D eigenvalue weighted by Gasteiger charge is -2.32. The van der Waals surface area contributed by atoms with Crippen LogP contribution in [0.15, 0.2) is 4.99 Å². The Morgan fingerprint density at radius 1 is 1.23 bits per heavy atom. The quantitative estimate of drug-likeness (QED) is 0.497. The smallest absolute Gasteiger partial charge is 0.409 e. The van der Waals surface area contributed by atoms with E-state index in [1.807, 2.05) is 6.92 Å². The normalized spacial score (nSPS) is 21.6. The van der Waals surface area contributed by atoms with Crippen LogP contribution >= 0.6 is 0 Å². The monoisotopic (exact) mass is 389 g/mol. The Kier molecular flexibility index (Phi) is 7.95. The van der Waals surface area contributed by atoms with Gasteiger partial charge in [-0.25, -0.2) is 17.5 Å². The second kappa shape index (κ2) is 9.96. The number of carbonyl (C=O) groups is 1. The lowest BCUT2D eigenvalue weighted by atomic mass is 10.1. The number of likely N-dealkylation sites (tertiary alicyclic amines) is 1. The molecule has 0 aromatic rings. The van der Waals surface area contributed by atoms with Gasteiger partial charge in [0.15, 0.2) is 5.96 Å². The number of hydrogen-bond donors (Lipinski definition) is 2. The van der Waals surface area contributed by atoms with Gasteiger partial charge in [-0.05, 0) is 33.1 Å². The number of nitrogens with zero attached hydrogens (tertiary/aromatic N) is 3. The van der Waals surface area contributed by atoms with Crippen LogP contribution in [0.2, 0.25) is 0 Å². The van der Waals surface area contributed by atoms with Crippen molar-refractivity contribution in [1.29, 1.82) is 0 Å². The summed E-state index contributed by atoms with van der Waals surface area (Å²) in [6.45, 7) is 7.66. The Hall–Kier alpha value is -1.55. The highest BCUT2D eigenvalue weighted by Crippen LogP contribution is 2.13. The number of ether oxygens (including phenoxy) is 1. The standard InChI is InChI=1S/C16H31N5O4S/c1-3-17-15(18-8-12-21-9-5-13-26(21,23)24)19-14-6-10-20(11-7-14)16(22)25-4-2/h14H,3-13H2,1-2H3,(H2,17,18,19). The molecule has 2 heterocycles. The van der Waals surface area contributed by atoms with E-state index in [9.17, 15) is 13.2 Å². The molecular weight excluding hydrogens is 358 g/mol. The molecule has 0 radical (unpaired) electrons. The van der Waals surface area contributed by atoms with Crippen LogP contribution in [0, 0.1) is 0 Å². The molecule has 0 aliphatic carbocycles. The maximum atomic E-state index is 11.8. The number of piperidine rings is 1. The number of guanidine groups is 1. The molecule has 26 heavy (non-hydrogen) atoms. The minimum atomic E-state index is -3.07. The average molecular weight is 390 g/mol. The molecule has 0 unspecified atom stereocenters. The minimum Gasteiger partial charge on any atom is -0.450 e. The van der Waals surface area contributed by atoms with Gasteiger partial charge in [0.05, 0.1) is 18.9 Å². The summed E-state index contributed by atoms with van der Waals surface area (Å²) in [5.74, 6) is 0.937. The van der Waals surface area contributed by atoms with E-state index in [-0.39, 0.29) is 17.9 Å². The highest BCUT2D eigenvalue weighted by atomic mass is 32.2. The topological polar surface area (TPSA) is 103 Å². The van der Waals surface area contributed by atoms with Crippen molar-refractivity contribution >= 4 is 22.1 Å². The van der Waals surface area contributed by atoms with Crippen molar-refractivity contribution in [1.82, 2.24) is 19.8 Å². The van der Waals surface area contributed by atoms with Crippen molar-refractivity contribution in [3.8, 4) is 0 Å². The van der Waals surface area contributed by atoms with Crippen molar-refractivity contribution in [3.05, 3.63) is 0 Å². The summed E-state index contributed by atoms with van der Waals surface area (Å²) < 4.78 is 30.2. The van der Waals surface area contributed by atoms with E-state index in [0.717, 1.165) is 19.4 Å². The van der Waals surface area contributed by atoms with E-state index < -0.39 is 10.0 Å². The molecule has 0 aromatic heterocycles. The number of sulfonamides is 1. The van der Waals surface area contributed by atoms with Crippen LogP contribution in [-0.4, -0.2) is 87.3 Å². The van der Waals surface area contributed by atoms with Crippen molar-refractivity contribution in [2.75, 3.05) is 51.6 Å². The molecule has 0 bridgehead atoms. The fraction of sp³-hybridized carbons (Fsp3) is 0.875. The third kappa shape index (κ3) is 6.01. The number of rotatable bonds is 6. The summed E-state index contributed by atoms with van der Waals surface area (Å²) in [6, 6.07) is 0.231. The highest BCUT2D eigenvalue weighted by molar-refractivity contribution is 7.89. The molecule has 2 saturated heterocycles. The lowest BCUT2D eigenvalue weighted by Crippen LogP contribution is -2.50. The zero-order chi connectivity index (χ0) is 19.0. The third-order valence-electron chi connectivity index (χ3n) is 4.53. The average Bonchev–Trinajstić information content (AvgIpc) is 2.94. The van der Waals surface area contributed by atoms with E-state index in [1.54, 1.807) is 11.8 Å². The van der Waals surface area contributed by atoms with Gasteiger partial charge in [0.25, 0.3) is 0 Å². The van der Waals surface area contributed by atoms with Gasteiger partial charge in [0.1, 0.15) is 0 Å². The molecule has 0 aromatic carbocycles. The van der Waals surface area contributed by atoms with Crippen LogP contribution in [-0.2, 0) is 14.8 Å². The molecule has 10 heteroatoms. The van der Waals surface area contributed by atoms with Gasteiger partial charge in [-0.3, -0.25) is 4.99 Å². The van der Waals surface area contributed by atoms with Crippen LogP contribution < -0.4 is 10.6 Å². The molecule has 2 fully saturated rings. The Labute approximate surface area is 156 Å². The maximum absolute atomic E-state index is 11.8. The predicted molar refractivity (Wildman–Crippen MR) is 101 cm³/mol. The molecule has 1 amide bonds. The Balaban J connectivity index is 1.79. The molecule has 2 rings (SSSR count). The van der Waals surface area contributed by atoms with Gasteiger partial charge in [-0.2, -0.15) is 0 Å². The van der Waals surface area contributed by atoms with Crippen LogP contribution in [0.4, 0.5) is 4.79 Å². The van der Waals surface area contributed by atoms with Crippen molar-refractivity contribution < 1.29 is 17.9 Å². The Morgan fingerprint density at radius 2 is 1.96 bits per heavy atom. The van der Waals surface area contributed by atoms with Crippen molar-refractivity contribution in [2.45, 2.75) is 39.2 Å². The van der Waals surface area contributed by atoms with Crippen LogP contribution in [0.5, 0.6) is 0 Å². The van der Waals surface area contributed by atoms with Gasteiger partial charge < -0.3 is 20.3 Å². The first-order valence-electron chi connectivity index (χ1n) is 9.40. The Morgan fingerprint density at radius 3 is 2.54 bits per heavy atom. The molecule has 0 saturated carbocycles. The number of hydrogen-bond acceptors (Lipinski definition) is 5. The molecule has 2 aliphatic rings. The van der Waals surface area contributed by atoms with E-state index >= 15 is 0 Å². The lowest BCUT2D eigenvalue weighted by molar-refractivity contribution is 0.0963. The van der Waals surface area contributed by atoms with Gasteiger partial charge in [-0.1, -0.05) is 0 Å². The number of carbonyl (C=O) groups excluding carboxylic acids is 1. The second-order valence-corrected chi connectivity index (χ2v) is 8.52. The van der Waals surface area contributed by atoms with E-state index in [2.05, 4.69) is 15.6 Å². The summed E-state index contributed by atoms with van der Waals surface area (Å²) in [4.78, 5) is 18.0. The third-order valence-corrected chi connectivity index (χ3v) is 6.49. The summed E-state index contributed by atoms with van der Waals surface area (Å²) in [5, 5.41) is 6.58. The van der Waals surface area contributed by atoms with Crippen molar-refractivity contribution in [2.24, 2.45) is 4.99 Å². The molecule has 0 atom stereocenters. The van der Waals surface area contributed by atoms with Crippen molar-refractivity contribution in [3.63, 3.8) is 0 Å². The fourth-order valence-corrected chi connectivity index (χ4v) is 4.67. The molecule has 2 N–H and O–H groups in total. The molecule has 9 nitrogen and oxygen atoms in total. The largest absolute Gasteiger partial charge is 0.450 e. The van der Waals surface area contributed by atoms with E-state index in [4.69, 9.17) is 4.74 Å². The molecule has 150 valence electrons. The second-order valence-electron chi connectivity index (χ2n) is 6.43. The van der Waals surface area contributed by atoms with Gasteiger partial charge in [0.2, 0.25) is 10.0 Å². The first-order chi connectivity index (χ1) is 12.5. The molecule has 2 aliphatic heterocycles. The predicted octanol–water partition coefficient (Wildman–Crippen LogP) is 0.198. The van der Waals surface area contributed by atoms with Crippen LogP contribution in [0.3, 0.4) is 0 Å². The van der Waals surface area contributed by atoms with Crippen LogP contribution in [0.1, 0.15) is 33.1 Å². The molecular formula is C16H31N5O4S. The van der Waals surface area contributed by atoms with Gasteiger partial charge in [0, 0.05) is 38.8 Å².